The molecule has 0 bridgehead atoms. The largest absolute Gasteiger partial charge is 0.495 e. The molecule has 3 aromatic rings. The maximum atomic E-state index is 12.5. The van der Waals surface area contributed by atoms with Crippen molar-refractivity contribution in [3.8, 4) is 5.75 Å². The lowest BCUT2D eigenvalue weighted by atomic mass is 10.1. The zero-order valence-electron chi connectivity index (χ0n) is 15.5. The molecule has 6 heteroatoms. The molecule has 2 N–H and O–H groups in total. The van der Waals surface area contributed by atoms with E-state index in [-0.39, 0.29) is 11.8 Å². The van der Waals surface area contributed by atoms with Crippen LogP contribution in [0.3, 0.4) is 0 Å². The van der Waals surface area contributed by atoms with Gasteiger partial charge in [0, 0.05) is 21.8 Å². The highest BCUT2D eigenvalue weighted by molar-refractivity contribution is 6.31. The summed E-state index contributed by atoms with van der Waals surface area (Å²) in [6.45, 7) is 1.92. The first-order valence-corrected chi connectivity index (χ1v) is 8.97. The number of rotatable bonds is 5. The van der Waals surface area contributed by atoms with Gasteiger partial charge in [-0.25, -0.2) is 0 Å². The van der Waals surface area contributed by atoms with Crippen LogP contribution in [0, 0.1) is 6.92 Å². The van der Waals surface area contributed by atoms with E-state index in [1.165, 1.54) is 7.11 Å². The van der Waals surface area contributed by atoms with Crippen molar-refractivity contribution >= 4 is 34.8 Å². The molecule has 0 saturated carbocycles. The molecule has 0 aliphatic rings. The summed E-state index contributed by atoms with van der Waals surface area (Å²) in [6.07, 6.45) is 0. The lowest BCUT2D eigenvalue weighted by Crippen LogP contribution is -2.15. The minimum absolute atomic E-state index is 0.238. The van der Waals surface area contributed by atoms with Crippen molar-refractivity contribution in [2.45, 2.75) is 6.92 Å². The van der Waals surface area contributed by atoms with E-state index in [2.05, 4.69) is 10.6 Å². The summed E-state index contributed by atoms with van der Waals surface area (Å²) in [6, 6.07) is 18.9. The van der Waals surface area contributed by atoms with Crippen molar-refractivity contribution in [3.05, 3.63) is 88.4 Å². The average molecular weight is 395 g/mol. The van der Waals surface area contributed by atoms with Crippen LogP contribution >= 0.6 is 11.6 Å². The number of benzene rings is 3. The average Bonchev–Trinajstić information content (AvgIpc) is 2.70. The van der Waals surface area contributed by atoms with Gasteiger partial charge in [-0.15, -0.1) is 0 Å². The van der Waals surface area contributed by atoms with Gasteiger partial charge in [-0.1, -0.05) is 29.8 Å². The maximum Gasteiger partial charge on any atom is 0.255 e. The molecular weight excluding hydrogens is 376 g/mol. The van der Waals surface area contributed by atoms with Crippen LogP contribution in [0.15, 0.2) is 66.7 Å². The summed E-state index contributed by atoms with van der Waals surface area (Å²) in [5, 5.41) is 6.12. The predicted molar refractivity (Wildman–Crippen MR) is 112 cm³/mol. The first-order valence-electron chi connectivity index (χ1n) is 8.60. The molecule has 28 heavy (non-hydrogen) atoms. The van der Waals surface area contributed by atoms with E-state index < -0.39 is 0 Å². The van der Waals surface area contributed by atoms with Crippen molar-refractivity contribution in [1.82, 2.24) is 0 Å². The van der Waals surface area contributed by atoms with Crippen LogP contribution in [-0.2, 0) is 0 Å². The Kier molecular flexibility index (Phi) is 5.96. The zero-order valence-corrected chi connectivity index (χ0v) is 16.2. The van der Waals surface area contributed by atoms with Crippen molar-refractivity contribution in [3.63, 3.8) is 0 Å². The second-order valence-corrected chi connectivity index (χ2v) is 6.58. The first kappa shape index (κ1) is 19.5. The normalized spacial score (nSPS) is 10.2. The topological polar surface area (TPSA) is 67.4 Å². The van der Waals surface area contributed by atoms with Crippen LogP contribution in [0.1, 0.15) is 26.3 Å². The van der Waals surface area contributed by atoms with E-state index in [0.29, 0.717) is 27.6 Å². The number of aryl methyl sites for hydroxylation is 1. The number of ether oxygens (including phenoxy) is 1. The number of hydrogen-bond acceptors (Lipinski definition) is 3. The smallest absolute Gasteiger partial charge is 0.255 e. The molecule has 0 saturated heterocycles. The van der Waals surface area contributed by atoms with E-state index in [0.717, 1.165) is 11.3 Å². The molecule has 0 aliphatic carbocycles. The standard InChI is InChI=1S/C22H19ClN2O3/c1-14-5-3-4-6-18(14)24-21(26)15-7-9-16(10-8-15)22(27)25-19-13-17(23)11-12-20(19)28-2/h3-13H,1-2H3,(H,24,26)(H,25,27). The number of anilines is 2. The highest BCUT2D eigenvalue weighted by atomic mass is 35.5. The van der Waals surface area contributed by atoms with Crippen molar-refractivity contribution in [2.75, 3.05) is 17.7 Å². The Morgan fingerprint density at radius 1 is 0.821 bits per heavy atom. The molecule has 2 amide bonds. The highest BCUT2D eigenvalue weighted by Crippen LogP contribution is 2.28. The van der Waals surface area contributed by atoms with Crippen LogP contribution in [-0.4, -0.2) is 18.9 Å². The number of halogens is 1. The molecule has 3 rings (SSSR count). The summed E-state index contributed by atoms with van der Waals surface area (Å²) in [5.41, 5.74) is 3.07. The monoisotopic (exact) mass is 394 g/mol. The fourth-order valence-corrected chi connectivity index (χ4v) is 2.83. The Bertz CT molecular complexity index is 1020. The fourth-order valence-electron chi connectivity index (χ4n) is 2.65. The first-order chi connectivity index (χ1) is 13.5. The van der Waals surface area contributed by atoms with Gasteiger partial charge in [-0.05, 0) is 61.0 Å². The quantitative estimate of drug-likeness (QED) is 0.628. The van der Waals surface area contributed by atoms with Gasteiger partial charge in [-0.2, -0.15) is 0 Å². The third kappa shape index (κ3) is 4.50. The minimum atomic E-state index is -0.327. The lowest BCUT2D eigenvalue weighted by Gasteiger charge is -2.11. The number of hydrogen-bond donors (Lipinski definition) is 2. The maximum absolute atomic E-state index is 12.5. The minimum Gasteiger partial charge on any atom is -0.495 e. The molecule has 0 radical (unpaired) electrons. The van der Waals surface area contributed by atoms with Crippen LogP contribution in [0.4, 0.5) is 11.4 Å². The van der Waals surface area contributed by atoms with E-state index >= 15 is 0 Å². The van der Waals surface area contributed by atoms with Crippen LogP contribution in [0.2, 0.25) is 5.02 Å². The SMILES string of the molecule is COc1ccc(Cl)cc1NC(=O)c1ccc(C(=O)Nc2ccccc2C)cc1. The Morgan fingerprint density at radius 2 is 1.39 bits per heavy atom. The number of para-hydroxylation sites is 1. The molecule has 5 nitrogen and oxygen atoms in total. The van der Waals surface area contributed by atoms with E-state index in [4.69, 9.17) is 16.3 Å². The van der Waals surface area contributed by atoms with Gasteiger partial charge < -0.3 is 15.4 Å². The molecule has 0 spiro atoms. The Labute approximate surface area is 168 Å². The third-order valence-corrected chi connectivity index (χ3v) is 4.45. The van der Waals surface area contributed by atoms with Crippen molar-refractivity contribution in [2.24, 2.45) is 0 Å². The van der Waals surface area contributed by atoms with Crippen molar-refractivity contribution < 1.29 is 14.3 Å². The molecular formula is C22H19ClN2O3. The number of carbonyl (C=O) groups is 2. The fraction of sp³-hybridized carbons (Fsp3) is 0.0909. The number of nitrogens with one attached hydrogen (secondary N) is 2. The summed E-state index contributed by atoms with van der Waals surface area (Å²) in [4.78, 5) is 24.9. The van der Waals surface area contributed by atoms with Crippen LogP contribution in [0.5, 0.6) is 5.75 Å². The number of amides is 2. The number of methoxy groups -OCH3 is 1. The second-order valence-electron chi connectivity index (χ2n) is 6.15. The summed E-state index contributed by atoms with van der Waals surface area (Å²) < 4.78 is 5.23. The zero-order chi connectivity index (χ0) is 20.1. The lowest BCUT2D eigenvalue weighted by molar-refractivity contribution is 0.101. The van der Waals surface area contributed by atoms with E-state index in [1.54, 1.807) is 42.5 Å². The molecule has 0 heterocycles. The third-order valence-electron chi connectivity index (χ3n) is 4.21. The summed E-state index contributed by atoms with van der Waals surface area (Å²) in [7, 11) is 1.51. The molecule has 0 aromatic heterocycles. The summed E-state index contributed by atoms with van der Waals surface area (Å²) >= 11 is 5.99. The molecule has 142 valence electrons. The molecule has 0 aliphatic heterocycles. The molecule has 3 aromatic carbocycles. The summed E-state index contributed by atoms with van der Waals surface area (Å²) in [5.74, 6) is -0.0591. The molecule has 0 unspecified atom stereocenters. The van der Waals surface area contributed by atoms with Gasteiger partial charge in [0.1, 0.15) is 5.75 Å². The Morgan fingerprint density at radius 3 is 1.96 bits per heavy atom. The van der Waals surface area contributed by atoms with Gasteiger partial charge in [-0.3, -0.25) is 9.59 Å². The van der Waals surface area contributed by atoms with Gasteiger partial charge in [0.15, 0.2) is 0 Å². The van der Waals surface area contributed by atoms with Gasteiger partial charge >= 0.3 is 0 Å². The van der Waals surface area contributed by atoms with Gasteiger partial charge in [0.2, 0.25) is 0 Å². The second kappa shape index (κ2) is 8.59. The Balaban J connectivity index is 1.72. The van der Waals surface area contributed by atoms with E-state index in [9.17, 15) is 9.59 Å². The Hall–Kier alpha value is -3.31. The van der Waals surface area contributed by atoms with Crippen LogP contribution in [0.25, 0.3) is 0 Å². The predicted octanol–water partition coefficient (Wildman–Crippen LogP) is 5.16. The van der Waals surface area contributed by atoms with Gasteiger partial charge in [0.05, 0.1) is 12.8 Å². The number of carbonyl (C=O) groups excluding carboxylic acids is 2. The molecule has 0 fully saturated rings. The van der Waals surface area contributed by atoms with Crippen LogP contribution < -0.4 is 15.4 Å². The molecule has 0 atom stereocenters. The van der Waals surface area contributed by atoms with E-state index in [1.807, 2.05) is 31.2 Å². The van der Waals surface area contributed by atoms with Crippen molar-refractivity contribution in [1.29, 1.82) is 0 Å². The highest BCUT2D eigenvalue weighted by Gasteiger charge is 2.12. The van der Waals surface area contributed by atoms with Gasteiger partial charge in [0.25, 0.3) is 11.8 Å².